The minimum Gasteiger partial charge on any atom is -0.0979 e. The van der Waals surface area contributed by atoms with Crippen molar-refractivity contribution in [2.45, 2.75) is 12.8 Å². The first-order chi connectivity index (χ1) is 5.75. The highest BCUT2D eigenvalue weighted by Gasteiger charge is 2.06. The molecule has 1 rings (SSSR count). The molecule has 0 N–H and O–H groups in total. The summed E-state index contributed by atoms with van der Waals surface area (Å²) < 4.78 is 0. The van der Waals surface area contributed by atoms with Gasteiger partial charge in [0.1, 0.15) is 0 Å². The Morgan fingerprint density at radius 2 is 2.00 bits per heavy atom. The molecule has 0 fully saturated rings. The summed E-state index contributed by atoms with van der Waals surface area (Å²) in [5, 5.41) is 0. The third-order valence-corrected chi connectivity index (χ3v) is 2.45. The van der Waals surface area contributed by atoms with Crippen LogP contribution in [0.2, 0.25) is 0 Å². The van der Waals surface area contributed by atoms with Crippen LogP contribution in [0.15, 0.2) is 43.0 Å². The highest BCUT2D eigenvalue weighted by molar-refractivity contribution is 7.80. The van der Waals surface area contributed by atoms with Crippen molar-refractivity contribution in [2.24, 2.45) is 0 Å². The van der Waals surface area contributed by atoms with Crippen LogP contribution in [0.1, 0.15) is 18.4 Å². The maximum atomic E-state index is 5.14. The molecule has 1 atom stereocenters. The molecule has 0 spiro atoms. The van der Waals surface area contributed by atoms with Crippen molar-refractivity contribution >= 4 is 17.1 Å². The van der Waals surface area contributed by atoms with Crippen LogP contribution in [0.25, 0.3) is 0 Å². The van der Waals surface area contributed by atoms with E-state index in [9.17, 15) is 0 Å². The molecule has 1 aromatic carbocycles. The van der Waals surface area contributed by atoms with E-state index in [4.69, 9.17) is 12.2 Å². The van der Waals surface area contributed by atoms with E-state index in [1.807, 2.05) is 18.2 Å². The molecule has 0 aliphatic heterocycles. The van der Waals surface area contributed by atoms with Gasteiger partial charge in [0, 0.05) is 10.8 Å². The first kappa shape index (κ1) is 9.14. The lowest BCUT2D eigenvalue weighted by atomic mass is 9.98. The highest BCUT2D eigenvalue weighted by atomic mass is 32.1. The summed E-state index contributed by atoms with van der Waals surface area (Å²) in [7, 11) is 0. The van der Waals surface area contributed by atoms with Gasteiger partial charge in [0.05, 0.1) is 0 Å². The number of allylic oxidation sites excluding steroid dienone is 1. The Balaban J connectivity index is 2.85. The second kappa shape index (κ2) is 4.17. The van der Waals surface area contributed by atoms with E-state index in [0.717, 1.165) is 4.86 Å². The molecule has 0 saturated heterocycles. The van der Waals surface area contributed by atoms with Gasteiger partial charge < -0.3 is 0 Å². The summed E-state index contributed by atoms with van der Waals surface area (Å²) >= 11 is 5.14. The van der Waals surface area contributed by atoms with Crippen LogP contribution >= 0.6 is 12.2 Å². The molecule has 1 unspecified atom stereocenters. The lowest BCUT2D eigenvalue weighted by Gasteiger charge is -2.09. The Bertz CT molecular complexity index is 274. The van der Waals surface area contributed by atoms with Crippen molar-refractivity contribution < 1.29 is 0 Å². The van der Waals surface area contributed by atoms with E-state index in [2.05, 4.69) is 25.6 Å². The first-order valence-corrected chi connectivity index (χ1v) is 4.37. The van der Waals surface area contributed by atoms with Crippen molar-refractivity contribution in [1.82, 2.24) is 0 Å². The Kier molecular flexibility index (Phi) is 3.18. The van der Waals surface area contributed by atoms with Crippen LogP contribution < -0.4 is 0 Å². The van der Waals surface area contributed by atoms with Crippen LogP contribution in [-0.4, -0.2) is 4.86 Å². The highest BCUT2D eigenvalue weighted by Crippen LogP contribution is 2.16. The minimum absolute atomic E-state index is 0.304. The van der Waals surface area contributed by atoms with Crippen molar-refractivity contribution in [1.29, 1.82) is 0 Å². The van der Waals surface area contributed by atoms with Crippen molar-refractivity contribution in [3.05, 3.63) is 48.6 Å². The van der Waals surface area contributed by atoms with E-state index in [-0.39, 0.29) is 0 Å². The maximum Gasteiger partial charge on any atom is 0.0218 e. The second-order valence-electron chi connectivity index (χ2n) is 2.74. The van der Waals surface area contributed by atoms with Crippen LogP contribution in [-0.2, 0) is 0 Å². The normalized spacial score (nSPS) is 12.1. The molecule has 0 aromatic heterocycles. The summed E-state index contributed by atoms with van der Waals surface area (Å²) in [5.74, 6) is 0.304. The topological polar surface area (TPSA) is 0 Å². The second-order valence-corrected chi connectivity index (χ2v) is 3.21. The Labute approximate surface area is 78.9 Å². The van der Waals surface area contributed by atoms with Gasteiger partial charge in [-0.25, -0.2) is 0 Å². The molecular weight excluding hydrogens is 164 g/mol. The predicted octanol–water partition coefficient (Wildman–Crippen LogP) is 3.35. The Morgan fingerprint density at radius 1 is 1.42 bits per heavy atom. The lowest BCUT2D eigenvalue weighted by molar-refractivity contribution is 1.04. The number of thiocarbonyl (C=S) groups is 1. The van der Waals surface area contributed by atoms with E-state index in [0.29, 0.717) is 5.92 Å². The summed E-state index contributed by atoms with van der Waals surface area (Å²) in [5.41, 5.74) is 1.25. The Hall–Kier alpha value is -0.950. The van der Waals surface area contributed by atoms with Gasteiger partial charge in [-0.1, -0.05) is 62.1 Å². The van der Waals surface area contributed by atoms with Gasteiger partial charge >= 0.3 is 0 Å². The number of benzene rings is 1. The number of hydrogen-bond acceptors (Lipinski definition) is 1. The average Bonchev–Trinajstić information content (AvgIpc) is 2.17. The van der Waals surface area contributed by atoms with Gasteiger partial charge in [-0.2, -0.15) is 0 Å². The first-order valence-electron chi connectivity index (χ1n) is 3.97. The fourth-order valence-corrected chi connectivity index (χ4v) is 1.22. The predicted molar refractivity (Wildman–Crippen MR) is 57.7 cm³/mol. The Morgan fingerprint density at radius 3 is 2.50 bits per heavy atom. The summed E-state index contributed by atoms with van der Waals surface area (Å²) in [6.45, 7) is 5.76. The molecule has 0 saturated carbocycles. The van der Waals surface area contributed by atoms with E-state index in [1.54, 1.807) is 6.08 Å². The zero-order valence-electron chi connectivity index (χ0n) is 7.16. The van der Waals surface area contributed by atoms with Crippen molar-refractivity contribution in [3.8, 4) is 0 Å². The molecule has 1 heteroatoms. The number of rotatable bonds is 3. The molecule has 0 aliphatic carbocycles. The number of hydrogen-bond donors (Lipinski definition) is 0. The molecule has 0 nitrogen and oxygen atoms in total. The molecule has 62 valence electrons. The van der Waals surface area contributed by atoms with Gasteiger partial charge in [-0.3, -0.25) is 0 Å². The van der Waals surface area contributed by atoms with E-state index in [1.165, 1.54) is 5.56 Å². The SMILES string of the molecule is C=CC(=S)C(C)c1ccccc1. The fraction of sp³-hybridized carbons (Fsp3) is 0.182. The fourth-order valence-electron chi connectivity index (χ4n) is 1.08. The molecule has 0 radical (unpaired) electrons. The van der Waals surface area contributed by atoms with E-state index >= 15 is 0 Å². The molecule has 0 heterocycles. The zero-order chi connectivity index (χ0) is 8.97. The molecular formula is C11H12S. The monoisotopic (exact) mass is 176 g/mol. The van der Waals surface area contributed by atoms with E-state index < -0.39 is 0 Å². The van der Waals surface area contributed by atoms with Gasteiger partial charge in [0.2, 0.25) is 0 Å². The third kappa shape index (κ3) is 2.02. The van der Waals surface area contributed by atoms with Crippen LogP contribution in [0.4, 0.5) is 0 Å². The van der Waals surface area contributed by atoms with Gasteiger partial charge in [-0.15, -0.1) is 0 Å². The van der Waals surface area contributed by atoms with Gasteiger partial charge in [0.25, 0.3) is 0 Å². The average molecular weight is 176 g/mol. The zero-order valence-corrected chi connectivity index (χ0v) is 7.97. The largest absolute Gasteiger partial charge is 0.0979 e. The molecule has 0 bridgehead atoms. The smallest absolute Gasteiger partial charge is 0.0218 e. The van der Waals surface area contributed by atoms with Crippen LogP contribution in [0, 0.1) is 0 Å². The lowest BCUT2D eigenvalue weighted by Crippen LogP contribution is -2.02. The molecule has 12 heavy (non-hydrogen) atoms. The van der Waals surface area contributed by atoms with Crippen LogP contribution in [0.3, 0.4) is 0 Å². The molecule has 1 aromatic rings. The van der Waals surface area contributed by atoms with Crippen molar-refractivity contribution in [3.63, 3.8) is 0 Å². The van der Waals surface area contributed by atoms with Crippen LogP contribution in [0.5, 0.6) is 0 Å². The van der Waals surface area contributed by atoms with Crippen molar-refractivity contribution in [2.75, 3.05) is 0 Å². The summed E-state index contributed by atoms with van der Waals surface area (Å²) in [6, 6.07) is 10.2. The standard InChI is InChI=1S/C11H12S/c1-3-11(12)9(2)10-7-5-4-6-8-10/h3-9H,1H2,2H3. The quantitative estimate of drug-likeness (QED) is 0.503. The maximum absolute atomic E-state index is 5.14. The van der Waals surface area contributed by atoms with Gasteiger partial charge in [0.15, 0.2) is 0 Å². The minimum atomic E-state index is 0.304. The third-order valence-electron chi connectivity index (χ3n) is 1.93. The summed E-state index contributed by atoms with van der Waals surface area (Å²) in [6.07, 6.45) is 1.74. The van der Waals surface area contributed by atoms with Gasteiger partial charge in [-0.05, 0) is 5.56 Å². The summed E-state index contributed by atoms with van der Waals surface area (Å²) in [4.78, 5) is 0.904. The molecule has 0 amide bonds. The molecule has 0 aliphatic rings.